The highest BCUT2D eigenvalue weighted by Gasteiger charge is 2.22. The van der Waals surface area contributed by atoms with Gasteiger partial charge < -0.3 is 10.6 Å². The van der Waals surface area contributed by atoms with Crippen molar-refractivity contribution >= 4 is 40.9 Å². The Morgan fingerprint density at radius 2 is 2.30 bits per heavy atom. The highest BCUT2D eigenvalue weighted by atomic mass is 35.5. The van der Waals surface area contributed by atoms with E-state index in [0.29, 0.717) is 21.7 Å². The first kappa shape index (κ1) is 16.0. The maximum Gasteiger partial charge on any atom is 0.230 e. The Balaban J connectivity index is 1.84. The molecular formula is C14H18Cl2N2OS. The summed E-state index contributed by atoms with van der Waals surface area (Å²) in [6.45, 7) is 4.04. The first-order chi connectivity index (χ1) is 9.56. The lowest BCUT2D eigenvalue weighted by Gasteiger charge is -2.30. The Kier molecular flexibility index (Phi) is 6.02. The van der Waals surface area contributed by atoms with Crippen LogP contribution >= 0.6 is 35.0 Å². The molecule has 6 heteroatoms. The third-order valence-electron chi connectivity index (χ3n) is 3.43. The molecule has 1 fully saturated rings. The Morgan fingerprint density at radius 3 is 3.05 bits per heavy atom. The predicted octanol–water partition coefficient (Wildman–Crippen LogP) is 3.20. The van der Waals surface area contributed by atoms with Crippen molar-refractivity contribution in [2.45, 2.75) is 24.3 Å². The van der Waals surface area contributed by atoms with E-state index in [1.165, 1.54) is 11.8 Å². The Hall–Kier alpha value is -0.420. The summed E-state index contributed by atoms with van der Waals surface area (Å²) in [6, 6.07) is 5.49. The van der Waals surface area contributed by atoms with Gasteiger partial charge in [-0.25, -0.2) is 0 Å². The van der Waals surface area contributed by atoms with Crippen LogP contribution in [0, 0.1) is 5.92 Å². The fourth-order valence-electron chi connectivity index (χ4n) is 2.16. The summed E-state index contributed by atoms with van der Waals surface area (Å²) in [5.41, 5.74) is 0. The molecule has 1 amide bonds. The minimum atomic E-state index is 0.0339. The summed E-state index contributed by atoms with van der Waals surface area (Å²) in [6.07, 6.45) is 1.10. The van der Waals surface area contributed by atoms with Gasteiger partial charge in [0.2, 0.25) is 5.91 Å². The minimum Gasteiger partial charge on any atom is -0.351 e. The van der Waals surface area contributed by atoms with Crippen molar-refractivity contribution in [2.24, 2.45) is 5.92 Å². The monoisotopic (exact) mass is 332 g/mol. The van der Waals surface area contributed by atoms with Crippen LogP contribution in [-0.4, -0.2) is 30.8 Å². The second kappa shape index (κ2) is 7.55. The van der Waals surface area contributed by atoms with E-state index in [0.717, 1.165) is 24.4 Å². The van der Waals surface area contributed by atoms with Crippen LogP contribution in [0.15, 0.2) is 23.1 Å². The first-order valence-electron chi connectivity index (χ1n) is 6.64. The van der Waals surface area contributed by atoms with E-state index in [1.807, 2.05) is 0 Å². The number of rotatable bonds is 4. The quantitative estimate of drug-likeness (QED) is 0.832. The standard InChI is InChI=1S/C14H18Cl2N2OS/c1-9-4-5-17-7-12(9)18-14(19)8-20-13-6-10(15)2-3-11(13)16/h2-3,6,9,12,17H,4-5,7-8H2,1H3,(H,18,19). The molecule has 2 rings (SSSR count). The van der Waals surface area contributed by atoms with E-state index >= 15 is 0 Å². The zero-order chi connectivity index (χ0) is 14.5. The summed E-state index contributed by atoms with van der Waals surface area (Å²) >= 11 is 13.4. The Morgan fingerprint density at radius 1 is 1.50 bits per heavy atom. The molecule has 1 aliphatic heterocycles. The third kappa shape index (κ3) is 4.55. The van der Waals surface area contributed by atoms with Crippen LogP contribution in [0.5, 0.6) is 0 Å². The molecule has 0 bridgehead atoms. The van der Waals surface area contributed by atoms with E-state index in [1.54, 1.807) is 18.2 Å². The molecule has 2 N–H and O–H groups in total. The molecule has 1 saturated heterocycles. The van der Waals surface area contributed by atoms with Crippen LogP contribution in [0.3, 0.4) is 0 Å². The molecule has 0 radical (unpaired) electrons. The number of amides is 1. The number of benzene rings is 1. The molecule has 1 heterocycles. The molecule has 1 aromatic carbocycles. The molecule has 0 aromatic heterocycles. The van der Waals surface area contributed by atoms with Gasteiger partial charge in [-0.1, -0.05) is 30.1 Å². The Labute approximate surface area is 133 Å². The zero-order valence-corrected chi connectivity index (χ0v) is 13.6. The fraction of sp³-hybridized carbons (Fsp3) is 0.500. The first-order valence-corrected chi connectivity index (χ1v) is 8.38. The lowest BCUT2D eigenvalue weighted by Crippen LogP contribution is -2.50. The average Bonchev–Trinajstić information content (AvgIpc) is 2.42. The van der Waals surface area contributed by atoms with E-state index in [4.69, 9.17) is 23.2 Å². The van der Waals surface area contributed by atoms with Crippen molar-refractivity contribution in [3.05, 3.63) is 28.2 Å². The van der Waals surface area contributed by atoms with Crippen molar-refractivity contribution in [1.82, 2.24) is 10.6 Å². The maximum atomic E-state index is 12.0. The SMILES string of the molecule is CC1CCNCC1NC(=O)CSc1cc(Cl)ccc1Cl. The molecule has 0 saturated carbocycles. The van der Waals surface area contributed by atoms with E-state index < -0.39 is 0 Å². The van der Waals surface area contributed by atoms with Gasteiger partial charge in [0.1, 0.15) is 0 Å². The summed E-state index contributed by atoms with van der Waals surface area (Å²) < 4.78 is 0. The van der Waals surface area contributed by atoms with Gasteiger partial charge in [-0.3, -0.25) is 4.79 Å². The van der Waals surface area contributed by atoms with Gasteiger partial charge in [-0.15, -0.1) is 11.8 Å². The van der Waals surface area contributed by atoms with Crippen molar-refractivity contribution in [1.29, 1.82) is 0 Å². The van der Waals surface area contributed by atoms with Gasteiger partial charge in [0.25, 0.3) is 0 Å². The van der Waals surface area contributed by atoms with Crippen molar-refractivity contribution in [2.75, 3.05) is 18.8 Å². The second-order valence-corrected chi connectivity index (χ2v) is 6.87. The number of piperidine rings is 1. The van der Waals surface area contributed by atoms with Crippen LogP contribution in [0.4, 0.5) is 0 Å². The number of hydrogen-bond acceptors (Lipinski definition) is 3. The number of nitrogens with one attached hydrogen (secondary N) is 2. The normalized spacial score (nSPS) is 22.6. The highest BCUT2D eigenvalue weighted by Crippen LogP contribution is 2.29. The summed E-state index contributed by atoms with van der Waals surface area (Å²) in [4.78, 5) is 12.8. The second-order valence-electron chi connectivity index (χ2n) is 5.01. The van der Waals surface area contributed by atoms with E-state index in [-0.39, 0.29) is 11.9 Å². The van der Waals surface area contributed by atoms with Gasteiger partial charge >= 0.3 is 0 Å². The predicted molar refractivity (Wildman–Crippen MR) is 85.8 cm³/mol. The van der Waals surface area contributed by atoms with Crippen LogP contribution in [0.2, 0.25) is 10.0 Å². The zero-order valence-electron chi connectivity index (χ0n) is 11.3. The number of hydrogen-bond donors (Lipinski definition) is 2. The van der Waals surface area contributed by atoms with Crippen LogP contribution in [0.25, 0.3) is 0 Å². The third-order valence-corrected chi connectivity index (χ3v) is 5.16. The molecule has 2 atom stereocenters. The average molecular weight is 333 g/mol. The molecule has 0 spiro atoms. The van der Waals surface area contributed by atoms with Gasteiger partial charge in [-0.2, -0.15) is 0 Å². The lowest BCUT2D eigenvalue weighted by molar-refractivity contribution is -0.119. The number of carbonyl (C=O) groups is 1. The van der Waals surface area contributed by atoms with Crippen molar-refractivity contribution in [3.63, 3.8) is 0 Å². The molecule has 20 heavy (non-hydrogen) atoms. The van der Waals surface area contributed by atoms with Gasteiger partial charge in [0.15, 0.2) is 0 Å². The number of carbonyl (C=O) groups excluding carboxylic acids is 1. The fourth-order valence-corrected chi connectivity index (χ4v) is 3.47. The highest BCUT2D eigenvalue weighted by molar-refractivity contribution is 8.00. The lowest BCUT2D eigenvalue weighted by atomic mass is 9.95. The summed E-state index contributed by atoms with van der Waals surface area (Å²) in [5, 5.41) is 7.63. The smallest absolute Gasteiger partial charge is 0.230 e. The molecule has 2 unspecified atom stereocenters. The van der Waals surface area contributed by atoms with E-state index in [2.05, 4.69) is 17.6 Å². The maximum absolute atomic E-state index is 12.0. The van der Waals surface area contributed by atoms with Gasteiger partial charge in [0.05, 0.1) is 10.8 Å². The molecule has 1 aliphatic rings. The van der Waals surface area contributed by atoms with Crippen LogP contribution in [0.1, 0.15) is 13.3 Å². The largest absolute Gasteiger partial charge is 0.351 e. The molecular weight excluding hydrogens is 315 g/mol. The van der Waals surface area contributed by atoms with E-state index in [9.17, 15) is 4.79 Å². The number of thioether (sulfide) groups is 1. The van der Waals surface area contributed by atoms with Crippen molar-refractivity contribution < 1.29 is 4.79 Å². The molecule has 1 aromatic rings. The van der Waals surface area contributed by atoms with Gasteiger partial charge in [0, 0.05) is 22.5 Å². The Bertz CT molecular complexity index is 484. The topological polar surface area (TPSA) is 41.1 Å². The number of halogens is 2. The van der Waals surface area contributed by atoms with Crippen LogP contribution in [-0.2, 0) is 4.79 Å². The van der Waals surface area contributed by atoms with Crippen LogP contribution < -0.4 is 10.6 Å². The summed E-state index contributed by atoms with van der Waals surface area (Å²) in [7, 11) is 0. The van der Waals surface area contributed by atoms with Crippen molar-refractivity contribution in [3.8, 4) is 0 Å². The molecule has 0 aliphatic carbocycles. The van der Waals surface area contributed by atoms with Gasteiger partial charge in [-0.05, 0) is 37.1 Å². The minimum absolute atomic E-state index is 0.0339. The molecule has 3 nitrogen and oxygen atoms in total. The molecule has 110 valence electrons. The summed E-state index contributed by atoms with van der Waals surface area (Å²) in [5.74, 6) is 0.898.